The van der Waals surface area contributed by atoms with Crippen LogP contribution in [0.25, 0.3) is 11.6 Å². The number of tetrazole rings is 1. The summed E-state index contributed by atoms with van der Waals surface area (Å²) in [5.41, 5.74) is 2.03. The van der Waals surface area contributed by atoms with E-state index in [1.54, 1.807) is 30.3 Å². The summed E-state index contributed by atoms with van der Waals surface area (Å²) < 4.78 is 0. The highest BCUT2D eigenvalue weighted by Gasteiger charge is 2.09. The predicted molar refractivity (Wildman–Crippen MR) is 85.0 cm³/mol. The zero-order valence-corrected chi connectivity index (χ0v) is 12.2. The Bertz CT molecular complexity index is 877. The largest absolute Gasteiger partial charge is 0.508 e. The average Bonchev–Trinajstić information content (AvgIpc) is 3.02. The first-order valence-electron chi connectivity index (χ1n) is 6.97. The number of aromatic nitrogens is 4. The summed E-state index contributed by atoms with van der Waals surface area (Å²) in [7, 11) is 0. The monoisotopic (exact) mass is 303 g/mol. The van der Waals surface area contributed by atoms with Crippen LogP contribution in [-0.4, -0.2) is 25.3 Å². The molecule has 0 amide bonds. The molecule has 2 aromatic carbocycles. The number of benzene rings is 2. The first-order chi connectivity index (χ1) is 11.2. The third kappa shape index (κ3) is 3.60. The second-order valence-corrected chi connectivity index (χ2v) is 4.89. The lowest BCUT2D eigenvalue weighted by atomic mass is 10.1. The molecular formula is C17H13N5O. The third-order valence-electron chi connectivity index (χ3n) is 3.16. The van der Waals surface area contributed by atoms with Crippen molar-refractivity contribution in [3.8, 4) is 11.8 Å². The minimum absolute atomic E-state index is 0.136. The topological polar surface area (TPSA) is 87.6 Å². The summed E-state index contributed by atoms with van der Waals surface area (Å²) in [5.74, 6) is 0.392. The number of nitriles is 1. The van der Waals surface area contributed by atoms with Crippen LogP contribution in [0.3, 0.4) is 0 Å². The van der Waals surface area contributed by atoms with Crippen molar-refractivity contribution in [2.24, 2.45) is 0 Å². The first-order valence-corrected chi connectivity index (χ1v) is 6.97. The van der Waals surface area contributed by atoms with Crippen LogP contribution >= 0.6 is 0 Å². The van der Waals surface area contributed by atoms with Crippen LogP contribution in [0.2, 0.25) is 0 Å². The molecule has 0 aliphatic carbocycles. The minimum atomic E-state index is 0.136. The fourth-order valence-electron chi connectivity index (χ4n) is 2.09. The molecule has 0 fully saturated rings. The molecule has 0 unspecified atom stereocenters. The Kier molecular flexibility index (Phi) is 4.11. The molecule has 0 bridgehead atoms. The van der Waals surface area contributed by atoms with Crippen LogP contribution in [0.5, 0.6) is 5.75 Å². The van der Waals surface area contributed by atoms with Crippen molar-refractivity contribution in [3.63, 3.8) is 0 Å². The summed E-state index contributed by atoms with van der Waals surface area (Å²) in [6.07, 6.45) is 1.61. The van der Waals surface area contributed by atoms with Gasteiger partial charge in [-0.1, -0.05) is 42.5 Å². The van der Waals surface area contributed by atoms with Crippen molar-refractivity contribution in [1.82, 2.24) is 20.2 Å². The lowest BCUT2D eigenvalue weighted by molar-refractivity contribution is 0.475. The Labute approximate surface area is 132 Å². The number of phenols is 1. The van der Waals surface area contributed by atoms with Crippen molar-refractivity contribution in [2.45, 2.75) is 6.54 Å². The predicted octanol–water partition coefficient (Wildman–Crippen LogP) is 2.49. The Morgan fingerprint density at radius 1 is 1.17 bits per heavy atom. The Hall–Kier alpha value is -3.46. The zero-order chi connectivity index (χ0) is 16.1. The average molecular weight is 303 g/mol. The molecule has 0 aliphatic rings. The smallest absolute Gasteiger partial charge is 0.215 e. The maximum Gasteiger partial charge on any atom is 0.215 e. The molecule has 6 nitrogen and oxygen atoms in total. The summed E-state index contributed by atoms with van der Waals surface area (Å²) in [6.45, 7) is 0.485. The van der Waals surface area contributed by atoms with E-state index in [4.69, 9.17) is 0 Å². The van der Waals surface area contributed by atoms with Gasteiger partial charge in [-0.05, 0) is 34.5 Å². The molecule has 1 heterocycles. The third-order valence-corrected chi connectivity index (χ3v) is 3.16. The van der Waals surface area contributed by atoms with Crippen molar-refractivity contribution in [1.29, 1.82) is 5.26 Å². The van der Waals surface area contributed by atoms with E-state index in [1.807, 2.05) is 30.3 Å². The summed E-state index contributed by atoms with van der Waals surface area (Å²) in [4.78, 5) is 1.44. The van der Waals surface area contributed by atoms with Gasteiger partial charge in [0.2, 0.25) is 5.82 Å². The number of phenolic OH excluding ortho intramolecular Hbond substituents is 1. The second kappa shape index (κ2) is 6.54. The summed E-state index contributed by atoms with van der Waals surface area (Å²) >= 11 is 0. The van der Waals surface area contributed by atoms with Crippen LogP contribution in [0.4, 0.5) is 0 Å². The highest BCUT2D eigenvalue weighted by Crippen LogP contribution is 2.17. The SMILES string of the molecule is N#C/C(=C\c1cccc(O)c1)c1nnn(Cc2ccccc2)n1. The molecule has 112 valence electrons. The zero-order valence-electron chi connectivity index (χ0n) is 12.2. The quantitative estimate of drug-likeness (QED) is 0.748. The molecule has 3 rings (SSSR count). The molecule has 0 atom stereocenters. The van der Waals surface area contributed by atoms with Gasteiger partial charge in [-0.2, -0.15) is 10.1 Å². The molecule has 1 aromatic heterocycles. The van der Waals surface area contributed by atoms with Crippen LogP contribution in [0.15, 0.2) is 54.6 Å². The van der Waals surface area contributed by atoms with Gasteiger partial charge in [-0.15, -0.1) is 10.2 Å². The van der Waals surface area contributed by atoms with E-state index < -0.39 is 0 Å². The van der Waals surface area contributed by atoms with Crippen molar-refractivity contribution >= 4 is 11.6 Å². The van der Waals surface area contributed by atoms with Crippen LogP contribution in [-0.2, 0) is 6.54 Å². The van der Waals surface area contributed by atoms with Gasteiger partial charge in [0.15, 0.2) is 0 Å². The Morgan fingerprint density at radius 2 is 2.00 bits per heavy atom. The van der Waals surface area contributed by atoms with Gasteiger partial charge in [-0.25, -0.2) is 0 Å². The molecular weight excluding hydrogens is 290 g/mol. The van der Waals surface area contributed by atoms with Gasteiger partial charge in [0.25, 0.3) is 0 Å². The molecule has 23 heavy (non-hydrogen) atoms. The molecule has 3 aromatic rings. The van der Waals surface area contributed by atoms with Gasteiger partial charge < -0.3 is 5.11 Å². The van der Waals surface area contributed by atoms with E-state index in [-0.39, 0.29) is 17.1 Å². The summed E-state index contributed by atoms with van der Waals surface area (Å²) in [5, 5.41) is 30.9. The fourth-order valence-corrected chi connectivity index (χ4v) is 2.09. The molecule has 0 spiro atoms. The van der Waals surface area contributed by atoms with Gasteiger partial charge in [0.1, 0.15) is 17.4 Å². The highest BCUT2D eigenvalue weighted by molar-refractivity contribution is 5.86. The Balaban J connectivity index is 1.84. The van der Waals surface area contributed by atoms with Gasteiger partial charge in [-0.3, -0.25) is 0 Å². The van der Waals surface area contributed by atoms with Crippen molar-refractivity contribution in [3.05, 3.63) is 71.5 Å². The molecule has 0 saturated heterocycles. The summed E-state index contributed by atoms with van der Waals surface area (Å²) in [6, 6.07) is 18.4. The molecule has 0 saturated carbocycles. The second-order valence-electron chi connectivity index (χ2n) is 4.89. The van der Waals surface area contributed by atoms with Crippen LogP contribution in [0, 0.1) is 11.3 Å². The lowest BCUT2D eigenvalue weighted by Gasteiger charge is -1.98. The fraction of sp³-hybridized carbons (Fsp3) is 0.0588. The van der Waals surface area contributed by atoms with Gasteiger partial charge >= 0.3 is 0 Å². The maximum atomic E-state index is 9.48. The van der Waals surface area contributed by atoms with Gasteiger partial charge in [0.05, 0.1) is 6.54 Å². The van der Waals surface area contributed by atoms with Crippen LogP contribution < -0.4 is 0 Å². The number of allylic oxidation sites excluding steroid dienone is 1. The minimum Gasteiger partial charge on any atom is -0.508 e. The molecule has 0 radical (unpaired) electrons. The molecule has 1 N–H and O–H groups in total. The van der Waals surface area contributed by atoms with E-state index in [1.165, 1.54) is 4.80 Å². The van der Waals surface area contributed by atoms with Crippen molar-refractivity contribution in [2.75, 3.05) is 0 Å². The van der Waals surface area contributed by atoms with E-state index in [9.17, 15) is 10.4 Å². The number of hydrogen-bond acceptors (Lipinski definition) is 5. The van der Waals surface area contributed by atoms with E-state index >= 15 is 0 Å². The number of nitrogens with zero attached hydrogens (tertiary/aromatic N) is 5. The van der Waals surface area contributed by atoms with Gasteiger partial charge in [0, 0.05) is 0 Å². The van der Waals surface area contributed by atoms with E-state index in [2.05, 4.69) is 21.5 Å². The standard InChI is InChI=1S/C17H13N5O/c18-11-15(9-14-7-4-8-16(23)10-14)17-19-21-22(20-17)12-13-5-2-1-3-6-13/h1-10,23H,12H2/b15-9+. The van der Waals surface area contributed by atoms with Crippen LogP contribution in [0.1, 0.15) is 17.0 Å². The molecule has 0 aliphatic heterocycles. The Morgan fingerprint density at radius 3 is 2.74 bits per heavy atom. The normalized spacial score (nSPS) is 11.2. The van der Waals surface area contributed by atoms with Crippen molar-refractivity contribution < 1.29 is 5.11 Å². The first kappa shape index (κ1) is 14.5. The lowest BCUT2D eigenvalue weighted by Crippen LogP contribution is -2.03. The molecule has 6 heteroatoms. The maximum absolute atomic E-state index is 9.48. The van der Waals surface area contributed by atoms with E-state index in [0.717, 1.165) is 5.56 Å². The number of aromatic hydroxyl groups is 1. The number of rotatable bonds is 4. The highest BCUT2D eigenvalue weighted by atomic mass is 16.3. The number of hydrogen-bond donors (Lipinski definition) is 1. The van der Waals surface area contributed by atoms with E-state index in [0.29, 0.717) is 12.1 Å².